The Morgan fingerprint density at radius 1 is 1.20 bits per heavy atom. The Kier molecular flexibility index (Phi) is 4.59. The van der Waals surface area contributed by atoms with Gasteiger partial charge in [-0.05, 0) is 58.1 Å². The molecule has 0 atom stereocenters. The van der Waals surface area contributed by atoms with E-state index in [0.717, 1.165) is 17.4 Å². The number of hydrogen-bond donors (Lipinski definition) is 0. The largest absolute Gasteiger partial charge is 0.495 e. The molecule has 1 fully saturated rings. The fourth-order valence-electron chi connectivity index (χ4n) is 3.04. The van der Waals surface area contributed by atoms with Crippen molar-refractivity contribution in [3.05, 3.63) is 22.2 Å². The van der Waals surface area contributed by atoms with Crippen molar-refractivity contribution in [2.75, 3.05) is 20.2 Å². The number of rotatable bonds is 1. The quantitative estimate of drug-likeness (QED) is 0.718. The number of ether oxygens (including phenoxy) is 1. The van der Waals surface area contributed by atoms with Gasteiger partial charge >= 0.3 is 7.12 Å². The number of fused-ring (bicyclic) bond motifs is 1. The van der Waals surface area contributed by atoms with Crippen LogP contribution in [0.1, 0.15) is 50.0 Å². The molecule has 1 amide bonds. The number of nitrogens with zero attached hydrogens (tertiary/aromatic N) is 1. The molecular weight excluding hydrogens is 340 g/mol. The zero-order valence-electron chi connectivity index (χ0n) is 15.7. The molecule has 0 spiro atoms. The Hall–Kier alpha value is -1.24. The molecule has 0 bridgehead atoms. The lowest BCUT2D eigenvalue weighted by atomic mass is 9.75. The minimum Gasteiger partial charge on any atom is -0.491 e. The van der Waals surface area contributed by atoms with E-state index in [1.165, 1.54) is 0 Å². The van der Waals surface area contributed by atoms with Crippen molar-refractivity contribution in [1.29, 1.82) is 0 Å². The Balaban J connectivity index is 2.10. The lowest BCUT2D eigenvalue weighted by Crippen LogP contribution is -2.41. The molecular formula is C18H25BClNO4. The van der Waals surface area contributed by atoms with Crippen LogP contribution in [0.25, 0.3) is 0 Å². The van der Waals surface area contributed by atoms with E-state index in [1.54, 1.807) is 11.9 Å². The molecule has 1 aromatic carbocycles. The third-order valence-electron chi connectivity index (χ3n) is 5.47. The molecule has 1 saturated heterocycles. The smallest absolute Gasteiger partial charge is 0.491 e. The standard InChI is InChI=1S/C18H25BClNO4/c1-11-13(19-24-17(2,3)18(4,5)25-19)10-12-15(14(11)20)23-9-7-8-21(6)16(12)22/h10H,7-9H2,1-6H3. The van der Waals surface area contributed by atoms with E-state index in [-0.39, 0.29) is 5.91 Å². The van der Waals surface area contributed by atoms with Gasteiger partial charge in [-0.2, -0.15) is 0 Å². The first kappa shape index (κ1) is 18.6. The van der Waals surface area contributed by atoms with Crippen LogP contribution in [0, 0.1) is 6.92 Å². The fourth-order valence-corrected chi connectivity index (χ4v) is 3.31. The van der Waals surface area contributed by atoms with E-state index in [2.05, 4.69) is 0 Å². The summed E-state index contributed by atoms with van der Waals surface area (Å²) in [6, 6.07) is 1.81. The van der Waals surface area contributed by atoms with Gasteiger partial charge in [0.25, 0.3) is 5.91 Å². The van der Waals surface area contributed by atoms with E-state index < -0.39 is 18.3 Å². The zero-order valence-corrected chi connectivity index (χ0v) is 16.5. The molecule has 0 aliphatic carbocycles. The van der Waals surface area contributed by atoms with Crippen LogP contribution < -0.4 is 10.2 Å². The Morgan fingerprint density at radius 2 is 1.80 bits per heavy atom. The maximum absolute atomic E-state index is 12.8. The fraction of sp³-hybridized carbons (Fsp3) is 0.611. The summed E-state index contributed by atoms with van der Waals surface area (Å²) < 4.78 is 18.1. The summed E-state index contributed by atoms with van der Waals surface area (Å²) in [6.07, 6.45) is 0.774. The number of carbonyl (C=O) groups is 1. The normalized spacial score (nSPS) is 22.3. The zero-order chi connectivity index (χ0) is 18.6. The van der Waals surface area contributed by atoms with Gasteiger partial charge in [-0.15, -0.1) is 0 Å². The van der Waals surface area contributed by atoms with E-state index in [4.69, 9.17) is 25.6 Å². The topological polar surface area (TPSA) is 48.0 Å². The molecule has 0 unspecified atom stereocenters. The number of amides is 1. The Morgan fingerprint density at radius 3 is 2.40 bits per heavy atom. The molecule has 136 valence electrons. The van der Waals surface area contributed by atoms with Gasteiger partial charge in [0, 0.05) is 13.6 Å². The second-order valence-corrected chi connectivity index (χ2v) is 8.18. The molecule has 5 nitrogen and oxygen atoms in total. The number of halogens is 1. The molecule has 0 radical (unpaired) electrons. The first-order chi connectivity index (χ1) is 11.5. The molecule has 0 saturated carbocycles. The lowest BCUT2D eigenvalue weighted by Gasteiger charge is -2.32. The highest BCUT2D eigenvalue weighted by atomic mass is 35.5. The van der Waals surface area contributed by atoms with Gasteiger partial charge in [0.2, 0.25) is 0 Å². The van der Waals surface area contributed by atoms with Crippen LogP contribution >= 0.6 is 11.6 Å². The van der Waals surface area contributed by atoms with E-state index in [0.29, 0.717) is 29.5 Å². The monoisotopic (exact) mass is 365 g/mol. The summed E-state index contributed by atoms with van der Waals surface area (Å²) >= 11 is 6.57. The minimum atomic E-state index is -0.573. The summed E-state index contributed by atoms with van der Waals surface area (Å²) in [5, 5.41) is 0.450. The molecule has 1 aromatic rings. The SMILES string of the molecule is Cc1c(B2OC(C)(C)C(C)(C)O2)cc2c(c1Cl)OCCCN(C)C2=O. The van der Waals surface area contributed by atoms with Crippen LogP contribution in [-0.4, -0.2) is 49.3 Å². The Bertz CT molecular complexity index is 704. The Labute approximate surface area is 154 Å². The van der Waals surface area contributed by atoms with Crippen LogP contribution in [-0.2, 0) is 9.31 Å². The van der Waals surface area contributed by atoms with Gasteiger partial charge in [-0.1, -0.05) is 11.6 Å². The molecule has 2 heterocycles. The van der Waals surface area contributed by atoms with Crippen LogP contribution in [0.4, 0.5) is 0 Å². The first-order valence-electron chi connectivity index (χ1n) is 8.62. The van der Waals surface area contributed by atoms with Crippen molar-refractivity contribution < 1.29 is 18.8 Å². The molecule has 25 heavy (non-hydrogen) atoms. The van der Waals surface area contributed by atoms with Gasteiger partial charge in [0.1, 0.15) is 0 Å². The summed E-state index contributed by atoms with van der Waals surface area (Å²) in [6.45, 7) is 11.1. The number of benzene rings is 1. The minimum absolute atomic E-state index is 0.102. The summed E-state index contributed by atoms with van der Waals surface area (Å²) in [7, 11) is 1.22. The average molecular weight is 366 g/mol. The second kappa shape index (κ2) is 6.18. The molecule has 0 N–H and O–H groups in total. The number of carbonyl (C=O) groups excluding carboxylic acids is 1. The molecule has 3 rings (SSSR count). The predicted molar refractivity (Wildman–Crippen MR) is 99.0 cm³/mol. The first-order valence-corrected chi connectivity index (χ1v) is 9.00. The molecule has 2 aliphatic heterocycles. The van der Waals surface area contributed by atoms with Gasteiger partial charge in [0.05, 0.1) is 28.4 Å². The average Bonchev–Trinajstić information content (AvgIpc) is 2.73. The van der Waals surface area contributed by atoms with Gasteiger partial charge in [-0.25, -0.2) is 0 Å². The maximum atomic E-state index is 12.8. The van der Waals surface area contributed by atoms with Crippen LogP contribution in [0.15, 0.2) is 6.07 Å². The highest BCUT2D eigenvalue weighted by molar-refractivity contribution is 6.63. The summed E-state index contributed by atoms with van der Waals surface area (Å²) in [5.41, 5.74) is 1.13. The highest BCUT2D eigenvalue weighted by Crippen LogP contribution is 2.39. The van der Waals surface area contributed by atoms with Crippen molar-refractivity contribution in [2.45, 2.75) is 52.2 Å². The third-order valence-corrected chi connectivity index (χ3v) is 5.93. The van der Waals surface area contributed by atoms with Crippen LogP contribution in [0.2, 0.25) is 5.02 Å². The molecule has 2 aliphatic rings. The number of hydrogen-bond acceptors (Lipinski definition) is 4. The van der Waals surface area contributed by atoms with Crippen LogP contribution in [0.5, 0.6) is 5.75 Å². The van der Waals surface area contributed by atoms with E-state index in [1.807, 2.05) is 40.7 Å². The van der Waals surface area contributed by atoms with Crippen molar-refractivity contribution in [2.24, 2.45) is 0 Å². The highest BCUT2D eigenvalue weighted by Gasteiger charge is 2.52. The van der Waals surface area contributed by atoms with Gasteiger partial charge in [-0.3, -0.25) is 4.79 Å². The molecule has 0 aromatic heterocycles. The van der Waals surface area contributed by atoms with E-state index in [9.17, 15) is 4.79 Å². The van der Waals surface area contributed by atoms with Gasteiger partial charge in [0.15, 0.2) is 5.75 Å². The van der Waals surface area contributed by atoms with E-state index >= 15 is 0 Å². The van der Waals surface area contributed by atoms with Crippen LogP contribution in [0.3, 0.4) is 0 Å². The van der Waals surface area contributed by atoms with Crippen molar-refractivity contribution in [3.8, 4) is 5.75 Å². The summed E-state index contributed by atoms with van der Waals surface area (Å²) in [4.78, 5) is 14.5. The lowest BCUT2D eigenvalue weighted by molar-refractivity contribution is 0.00578. The molecule has 7 heteroatoms. The third kappa shape index (κ3) is 3.05. The predicted octanol–water partition coefficient (Wildman–Crippen LogP) is 2.80. The van der Waals surface area contributed by atoms with Crippen molar-refractivity contribution in [1.82, 2.24) is 4.90 Å². The van der Waals surface area contributed by atoms with Crippen molar-refractivity contribution >= 4 is 30.1 Å². The van der Waals surface area contributed by atoms with Crippen molar-refractivity contribution in [3.63, 3.8) is 0 Å². The van der Waals surface area contributed by atoms with Gasteiger partial charge < -0.3 is 18.9 Å². The second-order valence-electron chi connectivity index (χ2n) is 7.80. The summed E-state index contributed by atoms with van der Waals surface area (Å²) in [5.74, 6) is 0.352. The maximum Gasteiger partial charge on any atom is 0.495 e.